The minimum Gasteiger partial charge on any atom is -0.309 e. The van der Waals surface area contributed by atoms with Crippen molar-refractivity contribution >= 4 is 43.6 Å². The van der Waals surface area contributed by atoms with Crippen LogP contribution in [0.15, 0.2) is 218 Å². The highest BCUT2D eigenvalue weighted by molar-refractivity contribution is 6.12. The molecule has 0 fully saturated rings. The fourth-order valence-electron chi connectivity index (χ4n) is 12.0. The molecule has 2 nitrogen and oxygen atoms in total. The molecule has 0 radical (unpaired) electrons. The molecule has 0 saturated heterocycles. The van der Waals surface area contributed by atoms with Gasteiger partial charge in [0, 0.05) is 32.9 Å². The van der Waals surface area contributed by atoms with E-state index in [-0.39, 0.29) is 0 Å². The number of aromatic nitrogens is 2. The number of aryl methyl sites for hydroxylation is 2. The van der Waals surface area contributed by atoms with Gasteiger partial charge in [-0.3, -0.25) is 0 Å². The Morgan fingerprint density at radius 2 is 0.646 bits per heavy atom. The molecule has 2 aliphatic rings. The quantitative estimate of drug-likeness (QED) is 0.167. The lowest BCUT2D eigenvalue weighted by Crippen LogP contribution is -2.26. The van der Waals surface area contributed by atoms with Gasteiger partial charge in [0.15, 0.2) is 0 Å². The highest BCUT2D eigenvalue weighted by atomic mass is 15.0. The molecule has 14 rings (SSSR count). The molecule has 0 N–H and O–H groups in total. The van der Waals surface area contributed by atoms with Crippen LogP contribution >= 0.6 is 0 Å². The number of hydrogen-bond acceptors (Lipinski definition) is 0. The number of para-hydroxylation sites is 2. The number of hydrogen-bond donors (Lipinski definition) is 0. The maximum atomic E-state index is 2.52. The SMILES string of the molecule is Cc1ccccc1-c1ccc2c3ccccc3n(-c3ccc4c(c3)C3(c5ccccc5-4)c4ccccc4-c4ccc(-n5c6ccccc6c6ccc(-c7ccccc7C)cc65)cc43)c2c1. The molecule has 2 aromatic heterocycles. The average Bonchev–Trinajstić information content (AvgIpc) is 4.05. The Labute approximate surface area is 377 Å². The summed E-state index contributed by atoms with van der Waals surface area (Å²) >= 11 is 0. The molecule has 1 spiro atoms. The highest BCUT2D eigenvalue weighted by Gasteiger charge is 2.52. The summed E-state index contributed by atoms with van der Waals surface area (Å²) in [6.45, 7) is 4.42. The van der Waals surface area contributed by atoms with Crippen molar-refractivity contribution in [1.29, 1.82) is 0 Å². The van der Waals surface area contributed by atoms with Crippen molar-refractivity contribution in [2.24, 2.45) is 0 Å². The lowest BCUT2D eigenvalue weighted by Gasteiger charge is -2.31. The van der Waals surface area contributed by atoms with Crippen LogP contribution in [0, 0.1) is 13.8 Å². The molecule has 304 valence electrons. The lowest BCUT2D eigenvalue weighted by atomic mass is 9.70. The van der Waals surface area contributed by atoms with Gasteiger partial charge in [-0.1, -0.05) is 170 Å². The zero-order valence-corrected chi connectivity index (χ0v) is 36.2. The van der Waals surface area contributed by atoms with E-state index >= 15 is 0 Å². The summed E-state index contributed by atoms with van der Waals surface area (Å²) in [5.74, 6) is 0. The Morgan fingerprint density at radius 1 is 0.277 bits per heavy atom. The van der Waals surface area contributed by atoms with Gasteiger partial charge in [-0.15, -0.1) is 0 Å². The monoisotopic (exact) mass is 826 g/mol. The minimum atomic E-state index is -0.542. The molecular formula is C63H42N2. The van der Waals surface area contributed by atoms with Crippen LogP contribution in [0.4, 0.5) is 0 Å². The topological polar surface area (TPSA) is 9.86 Å². The summed E-state index contributed by atoms with van der Waals surface area (Å²) in [4.78, 5) is 0. The van der Waals surface area contributed by atoms with Gasteiger partial charge < -0.3 is 9.13 Å². The average molecular weight is 827 g/mol. The van der Waals surface area contributed by atoms with Crippen molar-refractivity contribution in [1.82, 2.24) is 9.13 Å². The molecule has 2 heteroatoms. The first-order valence-corrected chi connectivity index (χ1v) is 22.8. The molecule has 0 bridgehead atoms. The summed E-state index contributed by atoms with van der Waals surface area (Å²) in [7, 11) is 0. The first-order valence-electron chi connectivity index (χ1n) is 22.8. The molecule has 12 aromatic rings. The van der Waals surface area contributed by atoms with Crippen LogP contribution in [0.2, 0.25) is 0 Å². The molecule has 0 amide bonds. The third kappa shape index (κ3) is 4.89. The maximum Gasteiger partial charge on any atom is 0.0727 e. The summed E-state index contributed by atoms with van der Waals surface area (Å²) < 4.78 is 5.01. The van der Waals surface area contributed by atoms with Gasteiger partial charge >= 0.3 is 0 Å². The van der Waals surface area contributed by atoms with Crippen molar-refractivity contribution in [3.63, 3.8) is 0 Å². The van der Waals surface area contributed by atoms with E-state index in [1.807, 2.05) is 0 Å². The van der Waals surface area contributed by atoms with Crippen molar-refractivity contribution in [3.8, 4) is 55.9 Å². The van der Waals surface area contributed by atoms with Crippen LogP contribution in [0.5, 0.6) is 0 Å². The summed E-state index contributed by atoms with van der Waals surface area (Å²) in [5.41, 5.74) is 24.7. The van der Waals surface area contributed by atoms with Crippen LogP contribution in [0.25, 0.3) is 99.5 Å². The van der Waals surface area contributed by atoms with E-state index in [2.05, 4.69) is 241 Å². The smallest absolute Gasteiger partial charge is 0.0727 e. The van der Waals surface area contributed by atoms with Crippen molar-refractivity contribution in [2.75, 3.05) is 0 Å². The van der Waals surface area contributed by atoms with E-state index in [0.717, 1.165) is 11.4 Å². The Hall–Kier alpha value is -8.20. The Bertz CT molecular complexity index is 3730. The van der Waals surface area contributed by atoms with Crippen molar-refractivity contribution in [3.05, 3.63) is 252 Å². The maximum absolute atomic E-state index is 2.52. The van der Waals surface area contributed by atoms with Crippen molar-refractivity contribution < 1.29 is 0 Å². The molecule has 0 saturated carbocycles. The number of nitrogens with zero attached hydrogens (tertiary/aromatic N) is 2. The zero-order valence-electron chi connectivity index (χ0n) is 36.2. The van der Waals surface area contributed by atoms with Crippen molar-refractivity contribution in [2.45, 2.75) is 19.3 Å². The number of benzene rings is 10. The summed E-state index contributed by atoms with van der Waals surface area (Å²) in [5, 5.41) is 5.04. The molecule has 0 aliphatic heterocycles. The summed E-state index contributed by atoms with van der Waals surface area (Å²) in [6, 6.07) is 82.1. The lowest BCUT2D eigenvalue weighted by molar-refractivity contribution is 0.791. The van der Waals surface area contributed by atoms with E-state index in [0.29, 0.717) is 0 Å². The van der Waals surface area contributed by atoms with E-state index in [9.17, 15) is 0 Å². The third-order valence-corrected chi connectivity index (χ3v) is 14.8. The Morgan fingerprint density at radius 3 is 1.11 bits per heavy atom. The molecule has 10 aromatic carbocycles. The zero-order chi connectivity index (χ0) is 43.0. The standard InChI is InChI=1S/C63H42N2/c1-39-15-3-5-17-45(39)41-27-31-53-51-21-9-13-25-59(51)64(61(53)35-41)43-29-33-49-47-19-7-11-23-55(47)63(57(49)37-43)56-24-12-8-20-48(56)50-34-30-44(38-58(50)63)65-60-26-14-10-22-52(60)54-32-28-42(36-62(54)65)46-18-6-4-16-40(46)2/h3-38H,1-2H3. The van der Waals surface area contributed by atoms with Gasteiger partial charge in [-0.25, -0.2) is 0 Å². The predicted molar refractivity (Wildman–Crippen MR) is 272 cm³/mol. The van der Waals surface area contributed by atoms with Gasteiger partial charge in [0.05, 0.1) is 27.5 Å². The van der Waals surface area contributed by atoms with Crippen LogP contribution in [0.3, 0.4) is 0 Å². The van der Waals surface area contributed by atoms with Crippen LogP contribution in [-0.2, 0) is 5.41 Å². The van der Waals surface area contributed by atoms with E-state index in [1.165, 1.54) is 122 Å². The molecule has 65 heavy (non-hydrogen) atoms. The van der Waals surface area contributed by atoms with Gasteiger partial charge in [0.2, 0.25) is 0 Å². The Kier molecular flexibility index (Phi) is 7.49. The largest absolute Gasteiger partial charge is 0.309 e. The van der Waals surface area contributed by atoms with E-state index in [4.69, 9.17) is 0 Å². The van der Waals surface area contributed by atoms with Crippen LogP contribution in [0.1, 0.15) is 33.4 Å². The second-order valence-electron chi connectivity index (χ2n) is 18.1. The molecule has 0 unspecified atom stereocenters. The second-order valence-corrected chi connectivity index (χ2v) is 18.1. The van der Waals surface area contributed by atoms with Gasteiger partial charge in [-0.05, 0) is 140 Å². The van der Waals surface area contributed by atoms with Crippen LogP contribution in [-0.4, -0.2) is 9.13 Å². The first-order chi connectivity index (χ1) is 32.1. The fourth-order valence-corrected chi connectivity index (χ4v) is 12.0. The molecule has 2 heterocycles. The van der Waals surface area contributed by atoms with E-state index < -0.39 is 5.41 Å². The molecular weight excluding hydrogens is 785 g/mol. The second kappa shape index (κ2) is 13.4. The molecule has 0 atom stereocenters. The van der Waals surface area contributed by atoms with Gasteiger partial charge in [-0.2, -0.15) is 0 Å². The fraction of sp³-hybridized carbons (Fsp3) is 0.0476. The normalized spacial score (nSPS) is 13.2. The Balaban J connectivity index is 1.04. The minimum absolute atomic E-state index is 0.542. The highest BCUT2D eigenvalue weighted by Crippen LogP contribution is 2.63. The number of fused-ring (bicyclic) bond motifs is 16. The third-order valence-electron chi connectivity index (χ3n) is 14.8. The predicted octanol–water partition coefficient (Wildman–Crippen LogP) is 16.2. The van der Waals surface area contributed by atoms with Gasteiger partial charge in [0.25, 0.3) is 0 Å². The van der Waals surface area contributed by atoms with E-state index in [1.54, 1.807) is 0 Å². The summed E-state index contributed by atoms with van der Waals surface area (Å²) in [6.07, 6.45) is 0. The number of rotatable bonds is 4. The molecule has 2 aliphatic carbocycles. The first kappa shape index (κ1) is 36.3. The van der Waals surface area contributed by atoms with Gasteiger partial charge in [0.1, 0.15) is 0 Å². The van der Waals surface area contributed by atoms with Crippen LogP contribution < -0.4 is 0 Å².